The minimum absolute atomic E-state index is 0.196. The average Bonchev–Trinajstić information content (AvgIpc) is 2.66. The van der Waals surface area contributed by atoms with Gasteiger partial charge in [0, 0.05) is 17.3 Å². The summed E-state index contributed by atoms with van der Waals surface area (Å²) >= 11 is 4.78. The van der Waals surface area contributed by atoms with Crippen LogP contribution in [-0.2, 0) is 12.8 Å². The Morgan fingerprint density at radius 3 is 3.00 bits per heavy atom. The van der Waals surface area contributed by atoms with Crippen molar-refractivity contribution in [3.8, 4) is 0 Å². The first-order valence-electron chi connectivity index (χ1n) is 4.57. The third-order valence-corrected chi connectivity index (χ3v) is 3.61. The van der Waals surface area contributed by atoms with Crippen molar-refractivity contribution < 1.29 is 4.39 Å². The molecule has 0 fully saturated rings. The topological polar surface area (TPSA) is 30.7 Å². The van der Waals surface area contributed by atoms with Crippen molar-refractivity contribution in [3.05, 3.63) is 40.4 Å². The number of aryl methyl sites for hydroxylation is 1. The maximum Gasteiger partial charge on any atom is 0.191 e. The first-order valence-corrected chi connectivity index (χ1v) is 6.35. The van der Waals surface area contributed by atoms with Gasteiger partial charge in [-0.05, 0) is 23.8 Å². The molecule has 1 aromatic heterocycles. The summed E-state index contributed by atoms with van der Waals surface area (Å²) in [6.07, 6.45) is 1.62. The first-order chi connectivity index (χ1) is 7.66. The Balaban J connectivity index is 2.10. The van der Waals surface area contributed by atoms with Gasteiger partial charge in [0.15, 0.2) is 5.16 Å². The Labute approximate surface area is 105 Å². The molecule has 0 atom stereocenters. The smallest absolute Gasteiger partial charge is 0.191 e. The minimum Gasteiger partial charge on any atom is -0.312 e. The van der Waals surface area contributed by atoms with E-state index in [-0.39, 0.29) is 5.82 Å². The quantitative estimate of drug-likeness (QED) is 0.817. The number of hydrogen-bond acceptors (Lipinski definition) is 3. The Morgan fingerprint density at radius 2 is 2.31 bits per heavy atom. The summed E-state index contributed by atoms with van der Waals surface area (Å²) in [5.74, 6) is 0.343. The molecule has 0 aliphatic rings. The van der Waals surface area contributed by atoms with Crippen LogP contribution >= 0.6 is 27.7 Å². The third-order valence-electron chi connectivity index (χ3n) is 2.03. The van der Waals surface area contributed by atoms with Crippen LogP contribution in [0.1, 0.15) is 5.56 Å². The highest BCUT2D eigenvalue weighted by Gasteiger charge is 2.06. The molecule has 2 rings (SSSR count). The number of rotatable bonds is 3. The molecule has 3 nitrogen and oxygen atoms in total. The Morgan fingerprint density at radius 1 is 1.50 bits per heavy atom. The zero-order valence-electron chi connectivity index (χ0n) is 8.52. The van der Waals surface area contributed by atoms with Crippen LogP contribution < -0.4 is 0 Å². The first kappa shape index (κ1) is 11.6. The molecule has 1 aromatic carbocycles. The van der Waals surface area contributed by atoms with Crippen molar-refractivity contribution >= 4 is 27.7 Å². The van der Waals surface area contributed by atoms with E-state index in [1.807, 2.05) is 7.05 Å². The molecule has 0 spiro atoms. The molecular weight excluding hydrogens is 293 g/mol. The molecule has 6 heteroatoms. The number of thioether (sulfide) groups is 1. The predicted molar refractivity (Wildman–Crippen MR) is 64.7 cm³/mol. The summed E-state index contributed by atoms with van der Waals surface area (Å²) in [5, 5.41) is 8.46. The average molecular weight is 302 g/mol. The van der Waals surface area contributed by atoms with Crippen LogP contribution in [0.15, 0.2) is 34.2 Å². The number of aromatic nitrogens is 3. The van der Waals surface area contributed by atoms with E-state index in [2.05, 4.69) is 26.1 Å². The maximum absolute atomic E-state index is 13.4. The standard InChI is InChI=1S/C10H9BrFN3S/c1-15-6-13-14-10(15)16-5-7-4-8(11)2-3-9(7)12/h2-4,6H,5H2,1H3. The van der Waals surface area contributed by atoms with E-state index in [0.717, 1.165) is 9.63 Å². The molecular formula is C10H9BrFN3S. The molecule has 0 amide bonds. The van der Waals surface area contributed by atoms with E-state index in [4.69, 9.17) is 0 Å². The van der Waals surface area contributed by atoms with Crippen LogP contribution in [0.2, 0.25) is 0 Å². The molecule has 0 N–H and O–H groups in total. The van der Waals surface area contributed by atoms with Crippen LogP contribution in [0.5, 0.6) is 0 Å². The molecule has 1 heterocycles. The van der Waals surface area contributed by atoms with Crippen molar-refractivity contribution in [2.75, 3.05) is 0 Å². The second-order valence-corrected chi connectivity index (χ2v) is 5.11. The molecule has 0 bridgehead atoms. The van der Waals surface area contributed by atoms with Gasteiger partial charge < -0.3 is 4.57 Å². The number of halogens is 2. The van der Waals surface area contributed by atoms with Crippen LogP contribution in [0.4, 0.5) is 4.39 Å². The summed E-state index contributed by atoms with van der Waals surface area (Å²) < 4.78 is 16.1. The van der Waals surface area contributed by atoms with Crippen LogP contribution in [0.3, 0.4) is 0 Å². The van der Waals surface area contributed by atoms with E-state index >= 15 is 0 Å². The summed E-state index contributed by atoms with van der Waals surface area (Å²) in [6.45, 7) is 0. The highest BCUT2D eigenvalue weighted by Crippen LogP contribution is 2.23. The van der Waals surface area contributed by atoms with Gasteiger partial charge in [0.05, 0.1) is 0 Å². The maximum atomic E-state index is 13.4. The highest BCUT2D eigenvalue weighted by atomic mass is 79.9. The third kappa shape index (κ3) is 2.62. The van der Waals surface area contributed by atoms with Gasteiger partial charge in [-0.25, -0.2) is 4.39 Å². The van der Waals surface area contributed by atoms with Crippen molar-refractivity contribution in [3.63, 3.8) is 0 Å². The molecule has 0 unspecified atom stereocenters. The molecule has 2 aromatic rings. The van der Waals surface area contributed by atoms with Crippen LogP contribution in [-0.4, -0.2) is 14.8 Å². The Kier molecular flexibility index (Phi) is 3.60. The molecule has 0 aliphatic heterocycles. The van der Waals surface area contributed by atoms with Crippen molar-refractivity contribution in [2.24, 2.45) is 7.05 Å². The second-order valence-electron chi connectivity index (χ2n) is 3.25. The van der Waals surface area contributed by atoms with Gasteiger partial charge in [-0.2, -0.15) is 0 Å². The fourth-order valence-corrected chi connectivity index (χ4v) is 2.47. The summed E-state index contributed by atoms with van der Waals surface area (Å²) in [7, 11) is 1.86. The van der Waals surface area contributed by atoms with Crippen molar-refractivity contribution in [1.82, 2.24) is 14.8 Å². The normalized spacial score (nSPS) is 10.7. The molecule has 0 aliphatic carbocycles. The minimum atomic E-state index is -0.196. The van der Waals surface area contributed by atoms with E-state index in [1.54, 1.807) is 23.0 Å². The summed E-state index contributed by atoms with van der Waals surface area (Å²) in [4.78, 5) is 0. The van der Waals surface area contributed by atoms with Gasteiger partial charge in [0.2, 0.25) is 0 Å². The van der Waals surface area contributed by atoms with Gasteiger partial charge in [-0.1, -0.05) is 27.7 Å². The second kappa shape index (κ2) is 4.97. The number of benzene rings is 1. The molecule has 84 valence electrons. The molecule has 16 heavy (non-hydrogen) atoms. The lowest BCUT2D eigenvalue weighted by atomic mass is 10.2. The summed E-state index contributed by atoms with van der Waals surface area (Å²) in [6, 6.07) is 4.92. The molecule has 0 radical (unpaired) electrons. The monoisotopic (exact) mass is 301 g/mol. The highest BCUT2D eigenvalue weighted by molar-refractivity contribution is 9.10. The number of nitrogens with zero attached hydrogens (tertiary/aromatic N) is 3. The summed E-state index contributed by atoms with van der Waals surface area (Å²) in [5.41, 5.74) is 0.655. The molecule has 0 saturated heterocycles. The fraction of sp³-hybridized carbons (Fsp3) is 0.200. The Hall–Kier alpha value is -0.880. The van der Waals surface area contributed by atoms with Gasteiger partial charge in [-0.3, -0.25) is 0 Å². The van der Waals surface area contributed by atoms with Crippen molar-refractivity contribution in [2.45, 2.75) is 10.9 Å². The van der Waals surface area contributed by atoms with E-state index in [9.17, 15) is 4.39 Å². The largest absolute Gasteiger partial charge is 0.312 e. The zero-order valence-corrected chi connectivity index (χ0v) is 10.9. The van der Waals surface area contributed by atoms with Gasteiger partial charge in [-0.15, -0.1) is 10.2 Å². The van der Waals surface area contributed by atoms with Gasteiger partial charge in [0.25, 0.3) is 0 Å². The van der Waals surface area contributed by atoms with E-state index in [0.29, 0.717) is 11.3 Å². The fourth-order valence-electron chi connectivity index (χ4n) is 1.20. The van der Waals surface area contributed by atoms with E-state index in [1.165, 1.54) is 17.8 Å². The molecule has 0 saturated carbocycles. The van der Waals surface area contributed by atoms with Crippen LogP contribution in [0.25, 0.3) is 0 Å². The van der Waals surface area contributed by atoms with Crippen LogP contribution in [0, 0.1) is 5.82 Å². The lowest BCUT2D eigenvalue weighted by Crippen LogP contribution is -1.92. The van der Waals surface area contributed by atoms with Gasteiger partial charge >= 0.3 is 0 Å². The van der Waals surface area contributed by atoms with Gasteiger partial charge in [0.1, 0.15) is 12.1 Å². The Bertz CT molecular complexity index is 501. The zero-order chi connectivity index (χ0) is 11.5. The number of hydrogen-bond donors (Lipinski definition) is 0. The predicted octanol–water partition coefficient (Wildman–Crippen LogP) is 3.01. The lowest BCUT2D eigenvalue weighted by Gasteiger charge is -2.03. The lowest BCUT2D eigenvalue weighted by molar-refractivity contribution is 0.617. The van der Waals surface area contributed by atoms with Crippen molar-refractivity contribution in [1.29, 1.82) is 0 Å². The SMILES string of the molecule is Cn1cnnc1SCc1cc(Br)ccc1F. The van der Waals surface area contributed by atoms with E-state index < -0.39 is 0 Å².